The summed E-state index contributed by atoms with van der Waals surface area (Å²) in [7, 11) is 0. The smallest absolute Gasteiger partial charge is 0.138 e. The molecule has 90 valence electrons. The third-order valence-corrected chi connectivity index (χ3v) is 3.87. The van der Waals surface area contributed by atoms with Crippen LogP contribution in [-0.2, 0) is 11.3 Å². The van der Waals surface area contributed by atoms with Crippen LogP contribution in [0.1, 0.15) is 6.92 Å². The Morgan fingerprint density at radius 1 is 1.47 bits per heavy atom. The molecule has 0 bridgehead atoms. The highest BCUT2D eigenvalue weighted by Gasteiger charge is 2.33. The molecule has 2 heterocycles. The number of halogens is 2. The number of fused-ring (bicyclic) bond motifs is 1. The third kappa shape index (κ3) is 1.89. The number of hydrogen-bond donors (Lipinski definition) is 0. The second-order valence-electron chi connectivity index (χ2n) is 5.07. The number of hydrogen-bond acceptors (Lipinski definition) is 1. The summed E-state index contributed by atoms with van der Waals surface area (Å²) >= 11 is 3.23. The van der Waals surface area contributed by atoms with E-state index < -0.39 is 0 Å². The Hall–Kier alpha value is -0.870. The molecule has 2 aromatic rings. The molecule has 0 spiro atoms. The lowest BCUT2D eigenvalue weighted by Gasteiger charge is -2.38. The van der Waals surface area contributed by atoms with Crippen LogP contribution in [-0.4, -0.2) is 17.8 Å². The summed E-state index contributed by atoms with van der Waals surface area (Å²) in [6, 6.07) is 5.36. The molecule has 1 saturated heterocycles. The maximum Gasteiger partial charge on any atom is 0.138 e. The second kappa shape index (κ2) is 3.82. The first-order valence-electron chi connectivity index (χ1n) is 5.59. The van der Waals surface area contributed by atoms with Gasteiger partial charge in [-0.1, -0.05) is 6.92 Å². The fraction of sp³-hybridized carbons (Fsp3) is 0.385. The largest absolute Gasteiger partial charge is 0.380 e. The third-order valence-electron chi connectivity index (χ3n) is 3.27. The Morgan fingerprint density at radius 3 is 2.88 bits per heavy atom. The predicted molar refractivity (Wildman–Crippen MR) is 68.5 cm³/mol. The topological polar surface area (TPSA) is 14.2 Å². The standard InChI is InChI=1S/C13H13BrFNO/c1-13(7-17-8-13)6-16-3-2-9-4-11(15)10(14)5-12(9)16/h2-5H,6-8H2,1H3. The number of nitrogens with zero attached hydrogens (tertiary/aromatic N) is 1. The van der Waals surface area contributed by atoms with Crippen LogP contribution >= 0.6 is 15.9 Å². The fourth-order valence-corrected chi connectivity index (χ4v) is 2.61. The molecule has 0 unspecified atom stereocenters. The molecule has 0 amide bonds. The minimum Gasteiger partial charge on any atom is -0.380 e. The van der Waals surface area contributed by atoms with Crippen LogP contribution < -0.4 is 0 Å². The number of rotatable bonds is 2. The molecule has 1 aromatic carbocycles. The molecule has 1 fully saturated rings. The molecule has 0 radical (unpaired) electrons. The molecular formula is C13H13BrFNO. The van der Waals surface area contributed by atoms with Gasteiger partial charge in [0.15, 0.2) is 0 Å². The van der Waals surface area contributed by atoms with Crippen molar-refractivity contribution in [3.05, 3.63) is 34.7 Å². The van der Waals surface area contributed by atoms with E-state index in [1.54, 1.807) is 6.07 Å². The molecule has 0 atom stereocenters. The zero-order chi connectivity index (χ0) is 12.0. The average Bonchev–Trinajstić information content (AvgIpc) is 2.60. The molecule has 1 aromatic heterocycles. The average molecular weight is 298 g/mol. The molecule has 17 heavy (non-hydrogen) atoms. The van der Waals surface area contributed by atoms with Crippen molar-refractivity contribution in [3.63, 3.8) is 0 Å². The van der Waals surface area contributed by atoms with Gasteiger partial charge in [0.2, 0.25) is 0 Å². The van der Waals surface area contributed by atoms with Crippen LogP contribution in [0.25, 0.3) is 10.9 Å². The summed E-state index contributed by atoms with van der Waals surface area (Å²) < 4.78 is 21.3. The molecule has 3 rings (SSSR count). The number of aromatic nitrogens is 1. The molecular weight excluding hydrogens is 285 g/mol. The zero-order valence-electron chi connectivity index (χ0n) is 9.54. The summed E-state index contributed by atoms with van der Waals surface area (Å²) in [4.78, 5) is 0. The SMILES string of the molecule is CC1(Cn2ccc3cc(F)c(Br)cc32)COC1. The van der Waals surface area contributed by atoms with E-state index in [0.29, 0.717) is 4.47 Å². The maximum atomic E-state index is 13.4. The Morgan fingerprint density at radius 2 is 2.24 bits per heavy atom. The Kier molecular flexibility index (Phi) is 2.52. The van der Waals surface area contributed by atoms with Gasteiger partial charge in [-0.2, -0.15) is 0 Å². The van der Waals surface area contributed by atoms with Gasteiger partial charge in [0.1, 0.15) is 5.82 Å². The molecule has 1 aliphatic heterocycles. The highest BCUT2D eigenvalue weighted by Crippen LogP contribution is 2.31. The van der Waals surface area contributed by atoms with Crippen LogP contribution in [0.2, 0.25) is 0 Å². The number of benzene rings is 1. The summed E-state index contributed by atoms with van der Waals surface area (Å²) in [6.07, 6.45) is 2.01. The van der Waals surface area contributed by atoms with Gasteiger partial charge in [-0.15, -0.1) is 0 Å². The molecule has 2 nitrogen and oxygen atoms in total. The number of ether oxygens (including phenoxy) is 1. The normalized spacial score (nSPS) is 18.3. The van der Waals surface area contributed by atoms with E-state index in [-0.39, 0.29) is 11.2 Å². The van der Waals surface area contributed by atoms with Crippen LogP contribution in [0.3, 0.4) is 0 Å². The predicted octanol–water partition coefficient (Wildman–Crippen LogP) is 3.58. The van der Waals surface area contributed by atoms with Crippen LogP contribution in [0.15, 0.2) is 28.9 Å². The second-order valence-corrected chi connectivity index (χ2v) is 5.93. The highest BCUT2D eigenvalue weighted by molar-refractivity contribution is 9.10. The molecule has 0 N–H and O–H groups in total. The van der Waals surface area contributed by atoms with Crippen molar-refractivity contribution < 1.29 is 9.13 Å². The summed E-state index contributed by atoms with van der Waals surface area (Å²) in [5, 5.41) is 0.939. The van der Waals surface area contributed by atoms with Crippen LogP contribution in [0, 0.1) is 11.2 Å². The first-order chi connectivity index (χ1) is 8.07. The van der Waals surface area contributed by atoms with Crippen molar-refractivity contribution in [1.29, 1.82) is 0 Å². The summed E-state index contributed by atoms with van der Waals surface area (Å²) in [6.45, 7) is 4.72. The van der Waals surface area contributed by atoms with E-state index in [4.69, 9.17) is 4.74 Å². The van der Waals surface area contributed by atoms with Gasteiger partial charge >= 0.3 is 0 Å². The van der Waals surface area contributed by atoms with Gasteiger partial charge in [-0.3, -0.25) is 0 Å². The van der Waals surface area contributed by atoms with E-state index in [1.807, 2.05) is 18.3 Å². The molecule has 1 aliphatic rings. The van der Waals surface area contributed by atoms with Gasteiger partial charge in [0, 0.05) is 29.1 Å². The Labute approximate surface area is 107 Å². The first kappa shape index (κ1) is 11.2. The summed E-state index contributed by atoms with van der Waals surface area (Å²) in [5.74, 6) is -0.214. The van der Waals surface area contributed by atoms with Gasteiger partial charge in [0.05, 0.1) is 17.7 Å². The minimum atomic E-state index is -0.214. The minimum absolute atomic E-state index is 0.214. The highest BCUT2D eigenvalue weighted by atomic mass is 79.9. The molecule has 0 saturated carbocycles. The summed E-state index contributed by atoms with van der Waals surface area (Å²) in [5.41, 5.74) is 1.28. The van der Waals surface area contributed by atoms with Crippen molar-refractivity contribution >= 4 is 26.8 Å². The lowest BCUT2D eigenvalue weighted by Crippen LogP contribution is -2.42. The van der Waals surface area contributed by atoms with Crippen molar-refractivity contribution in [1.82, 2.24) is 4.57 Å². The van der Waals surface area contributed by atoms with Crippen LogP contribution in [0.5, 0.6) is 0 Å². The Balaban J connectivity index is 2.02. The lowest BCUT2D eigenvalue weighted by atomic mass is 9.88. The van der Waals surface area contributed by atoms with Gasteiger partial charge < -0.3 is 9.30 Å². The van der Waals surface area contributed by atoms with Crippen LogP contribution in [0.4, 0.5) is 4.39 Å². The maximum absolute atomic E-state index is 13.4. The fourth-order valence-electron chi connectivity index (χ4n) is 2.28. The van der Waals surface area contributed by atoms with E-state index >= 15 is 0 Å². The van der Waals surface area contributed by atoms with Crippen molar-refractivity contribution in [2.75, 3.05) is 13.2 Å². The van der Waals surface area contributed by atoms with Gasteiger partial charge in [-0.05, 0) is 34.1 Å². The van der Waals surface area contributed by atoms with E-state index in [1.165, 1.54) is 0 Å². The van der Waals surface area contributed by atoms with Gasteiger partial charge in [-0.25, -0.2) is 4.39 Å². The van der Waals surface area contributed by atoms with E-state index in [2.05, 4.69) is 27.4 Å². The molecule has 0 aliphatic carbocycles. The van der Waals surface area contributed by atoms with E-state index in [0.717, 1.165) is 30.7 Å². The quantitative estimate of drug-likeness (QED) is 0.826. The van der Waals surface area contributed by atoms with Crippen molar-refractivity contribution in [2.24, 2.45) is 5.41 Å². The monoisotopic (exact) mass is 297 g/mol. The zero-order valence-corrected chi connectivity index (χ0v) is 11.1. The van der Waals surface area contributed by atoms with E-state index in [9.17, 15) is 4.39 Å². The lowest BCUT2D eigenvalue weighted by molar-refractivity contribution is -0.109. The van der Waals surface area contributed by atoms with Crippen molar-refractivity contribution in [3.8, 4) is 0 Å². The first-order valence-corrected chi connectivity index (χ1v) is 6.38. The molecule has 4 heteroatoms. The Bertz CT molecular complexity index is 574. The van der Waals surface area contributed by atoms with Crippen molar-refractivity contribution in [2.45, 2.75) is 13.5 Å². The van der Waals surface area contributed by atoms with Gasteiger partial charge in [0.25, 0.3) is 0 Å².